The molecule has 3 aliphatic rings. The summed E-state index contributed by atoms with van der Waals surface area (Å²) in [5, 5.41) is 2.97. The number of rotatable bonds is 3. The molecule has 0 spiro atoms. The van der Waals surface area contributed by atoms with Crippen LogP contribution < -0.4 is 5.32 Å². The normalized spacial score (nSPS) is 38.4. The summed E-state index contributed by atoms with van der Waals surface area (Å²) >= 11 is 0. The first-order valence-electron chi connectivity index (χ1n) is 8.69. The second-order valence-electron chi connectivity index (χ2n) is 7.87. The van der Waals surface area contributed by atoms with E-state index >= 15 is 0 Å². The van der Waals surface area contributed by atoms with E-state index in [-0.39, 0.29) is 29.9 Å². The molecule has 1 aliphatic carbocycles. The van der Waals surface area contributed by atoms with E-state index in [0.717, 1.165) is 6.42 Å². The Hall–Kier alpha value is -1.79. The average Bonchev–Trinajstić information content (AvgIpc) is 3.01. The Morgan fingerprint density at radius 1 is 1.29 bits per heavy atom. The first-order chi connectivity index (χ1) is 11.3. The molecule has 2 heterocycles. The highest BCUT2D eigenvalue weighted by Gasteiger charge is 2.49. The maximum atomic E-state index is 12.5. The second-order valence-corrected chi connectivity index (χ2v) is 7.87. The Balaban J connectivity index is 1.56. The van der Waals surface area contributed by atoms with Crippen LogP contribution >= 0.6 is 0 Å². The van der Waals surface area contributed by atoms with Gasteiger partial charge in [-0.3, -0.25) is 9.59 Å². The monoisotopic (exact) mass is 337 g/mol. The molecule has 24 heavy (non-hydrogen) atoms. The van der Waals surface area contributed by atoms with Crippen LogP contribution in [0.5, 0.6) is 0 Å². The standard InChI is InChI=1S/C17H27N3O4/c1-10-5-13(10)20-8-12(6-14(20)21)18-16(23)19-7-11(2)17(3,9-19)15(22)24-4/h10-13H,5-9H2,1-4H3,(H,18,23)/t10-,11+,12+,13+,17+/m0/s1. The molecule has 7 heteroatoms. The number of nitrogens with zero attached hydrogens (tertiary/aromatic N) is 2. The quantitative estimate of drug-likeness (QED) is 0.774. The fourth-order valence-corrected chi connectivity index (χ4v) is 3.95. The number of hydrogen-bond acceptors (Lipinski definition) is 4. The molecule has 3 amide bonds. The van der Waals surface area contributed by atoms with Crippen LogP contribution in [0.2, 0.25) is 0 Å². The first kappa shape index (κ1) is 17.0. The average molecular weight is 337 g/mol. The number of esters is 1. The molecule has 1 saturated carbocycles. The van der Waals surface area contributed by atoms with Crippen LogP contribution in [0.25, 0.3) is 0 Å². The van der Waals surface area contributed by atoms with E-state index in [0.29, 0.717) is 38.0 Å². The number of hydrogen-bond donors (Lipinski definition) is 1. The van der Waals surface area contributed by atoms with Gasteiger partial charge in [-0.1, -0.05) is 13.8 Å². The Morgan fingerprint density at radius 3 is 2.54 bits per heavy atom. The van der Waals surface area contributed by atoms with Crippen LogP contribution in [0, 0.1) is 17.3 Å². The molecule has 7 nitrogen and oxygen atoms in total. The molecule has 2 aliphatic heterocycles. The molecule has 0 aromatic carbocycles. The van der Waals surface area contributed by atoms with Crippen LogP contribution in [-0.2, 0) is 14.3 Å². The van der Waals surface area contributed by atoms with E-state index in [9.17, 15) is 14.4 Å². The molecule has 3 fully saturated rings. The topological polar surface area (TPSA) is 79.0 Å². The highest BCUT2D eigenvalue weighted by molar-refractivity contribution is 5.83. The molecule has 134 valence electrons. The zero-order valence-electron chi connectivity index (χ0n) is 14.9. The molecule has 5 atom stereocenters. The van der Waals surface area contributed by atoms with Crippen LogP contribution in [0.4, 0.5) is 4.79 Å². The lowest BCUT2D eigenvalue weighted by Crippen LogP contribution is -2.46. The zero-order valence-corrected chi connectivity index (χ0v) is 14.9. The summed E-state index contributed by atoms with van der Waals surface area (Å²) in [5.41, 5.74) is -0.674. The highest BCUT2D eigenvalue weighted by atomic mass is 16.5. The van der Waals surface area contributed by atoms with Crippen molar-refractivity contribution in [1.29, 1.82) is 0 Å². The van der Waals surface area contributed by atoms with Crippen LogP contribution in [0.1, 0.15) is 33.6 Å². The summed E-state index contributed by atoms with van der Waals surface area (Å²) in [6, 6.07) is 0.0184. The molecule has 0 aromatic rings. The lowest BCUT2D eigenvalue weighted by molar-refractivity contribution is -0.152. The van der Waals surface area contributed by atoms with Gasteiger partial charge in [-0.05, 0) is 25.2 Å². The third-order valence-corrected chi connectivity index (χ3v) is 5.99. The van der Waals surface area contributed by atoms with Gasteiger partial charge in [0.15, 0.2) is 0 Å². The Labute approximate surface area is 142 Å². The number of amides is 3. The number of ether oxygens (including phenoxy) is 1. The maximum absolute atomic E-state index is 12.5. The van der Waals surface area contributed by atoms with Crippen molar-refractivity contribution >= 4 is 17.9 Å². The van der Waals surface area contributed by atoms with Crippen LogP contribution in [0.3, 0.4) is 0 Å². The van der Waals surface area contributed by atoms with E-state index in [1.165, 1.54) is 7.11 Å². The minimum atomic E-state index is -0.674. The number of carbonyl (C=O) groups is 3. The van der Waals surface area contributed by atoms with E-state index in [1.54, 1.807) is 4.90 Å². The lowest BCUT2D eigenvalue weighted by Gasteiger charge is -2.25. The van der Waals surface area contributed by atoms with Crippen molar-refractivity contribution in [2.75, 3.05) is 26.7 Å². The summed E-state index contributed by atoms with van der Waals surface area (Å²) in [6.07, 6.45) is 1.43. The van der Waals surface area contributed by atoms with Gasteiger partial charge in [0.2, 0.25) is 5.91 Å². The largest absolute Gasteiger partial charge is 0.469 e. The molecule has 0 bridgehead atoms. The number of nitrogens with one attached hydrogen (secondary N) is 1. The Morgan fingerprint density at radius 2 is 1.96 bits per heavy atom. The lowest BCUT2D eigenvalue weighted by atomic mass is 9.81. The minimum absolute atomic E-state index is 0.0322. The second kappa shape index (κ2) is 5.93. The molecule has 0 unspecified atom stereocenters. The number of urea groups is 1. The van der Waals surface area contributed by atoms with E-state index in [2.05, 4.69) is 12.2 Å². The summed E-state index contributed by atoms with van der Waals surface area (Å²) in [5.74, 6) is 0.451. The van der Waals surface area contributed by atoms with Gasteiger partial charge >= 0.3 is 12.0 Å². The van der Waals surface area contributed by atoms with Gasteiger partial charge in [0.1, 0.15) is 0 Å². The number of carbonyl (C=O) groups excluding carboxylic acids is 3. The van der Waals surface area contributed by atoms with Gasteiger partial charge in [0, 0.05) is 32.1 Å². The van der Waals surface area contributed by atoms with E-state index in [1.807, 2.05) is 18.7 Å². The maximum Gasteiger partial charge on any atom is 0.317 e. The van der Waals surface area contributed by atoms with Gasteiger partial charge in [-0.25, -0.2) is 4.79 Å². The van der Waals surface area contributed by atoms with Crippen molar-refractivity contribution < 1.29 is 19.1 Å². The summed E-state index contributed by atoms with van der Waals surface area (Å²) in [4.78, 5) is 40.2. The van der Waals surface area contributed by atoms with Gasteiger partial charge in [0.05, 0.1) is 18.6 Å². The van der Waals surface area contributed by atoms with Crippen molar-refractivity contribution in [2.24, 2.45) is 17.3 Å². The minimum Gasteiger partial charge on any atom is -0.469 e. The third-order valence-electron chi connectivity index (χ3n) is 5.99. The molecule has 2 saturated heterocycles. The predicted molar refractivity (Wildman–Crippen MR) is 87.1 cm³/mol. The number of methoxy groups -OCH3 is 1. The van der Waals surface area contributed by atoms with Crippen molar-refractivity contribution in [1.82, 2.24) is 15.1 Å². The van der Waals surface area contributed by atoms with Crippen LogP contribution in [-0.4, -0.2) is 66.5 Å². The Bertz CT molecular complexity index is 566. The predicted octanol–water partition coefficient (Wildman–Crippen LogP) is 0.836. The van der Waals surface area contributed by atoms with Crippen LogP contribution in [0.15, 0.2) is 0 Å². The van der Waals surface area contributed by atoms with Gasteiger partial charge in [-0.15, -0.1) is 0 Å². The molecular formula is C17H27N3O4. The summed E-state index contributed by atoms with van der Waals surface area (Å²) in [6.45, 7) is 7.39. The molecule has 1 N–H and O–H groups in total. The van der Waals surface area contributed by atoms with Crippen molar-refractivity contribution in [3.63, 3.8) is 0 Å². The third kappa shape index (κ3) is 2.84. The van der Waals surface area contributed by atoms with E-state index in [4.69, 9.17) is 4.74 Å². The number of likely N-dealkylation sites (tertiary alicyclic amines) is 2. The molecule has 0 radical (unpaired) electrons. The van der Waals surface area contributed by atoms with Crippen molar-refractivity contribution in [2.45, 2.75) is 45.7 Å². The summed E-state index contributed by atoms with van der Waals surface area (Å²) < 4.78 is 4.89. The Kier molecular flexibility index (Phi) is 4.21. The first-order valence-corrected chi connectivity index (χ1v) is 8.69. The van der Waals surface area contributed by atoms with E-state index < -0.39 is 5.41 Å². The van der Waals surface area contributed by atoms with Crippen molar-refractivity contribution in [3.8, 4) is 0 Å². The van der Waals surface area contributed by atoms with Gasteiger partial charge < -0.3 is 19.9 Å². The zero-order chi connectivity index (χ0) is 17.6. The van der Waals surface area contributed by atoms with Gasteiger partial charge in [-0.2, -0.15) is 0 Å². The van der Waals surface area contributed by atoms with Crippen molar-refractivity contribution in [3.05, 3.63) is 0 Å². The smallest absolute Gasteiger partial charge is 0.317 e. The fraction of sp³-hybridized carbons (Fsp3) is 0.824. The van der Waals surface area contributed by atoms with Gasteiger partial charge in [0.25, 0.3) is 0 Å². The molecule has 0 aromatic heterocycles. The molecule has 3 rings (SSSR count). The molecular weight excluding hydrogens is 310 g/mol. The summed E-state index contributed by atoms with van der Waals surface area (Å²) in [7, 11) is 1.38. The highest BCUT2D eigenvalue weighted by Crippen LogP contribution is 2.38. The fourth-order valence-electron chi connectivity index (χ4n) is 3.95. The SMILES string of the molecule is COC(=O)[C@]1(C)CN(C(=O)N[C@@H]2CC(=O)N([C@@H]3C[C@@H]3C)C2)C[C@H]1C.